The Kier molecular flexibility index (Phi) is 6.02. The fourth-order valence-electron chi connectivity index (χ4n) is 3.80. The van der Waals surface area contributed by atoms with E-state index in [1.807, 2.05) is 84.7 Å². The number of hydrogen-bond donors (Lipinski definition) is 1. The van der Waals surface area contributed by atoms with Crippen LogP contribution in [0.2, 0.25) is 5.02 Å². The van der Waals surface area contributed by atoms with Crippen LogP contribution in [0.25, 0.3) is 22.2 Å². The van der Waals surface area contributed by atoms with Crippen LogP contribution in [0.5, 0.6) is 0 Å². The summed E-state index contributed by atoms with van der Waals surface area (Å²) in [7, 11) is 0. The second kappa shape index (κ2) is 9.23. The topological polar surface area (TPSA) is 45.2 Å². The van der Waals surface area contributed by atoms with Crippen LogP contribution in [0.3, 0.4) is 0 Å². The van der Waals surface area contributed by atoms with Crippen molar-refractivity contribution < 1.29 is 4.79 Å². The molecule has 1 aromatic heterocycles. The minimum atomic E-state index is -0.150. The first-order valence-corrected chi connectivity index (χ1v) is 12.0. The number of nitrogens with one attached hydrogen (secondary N) is 1. The maximum absolute atomic E-state index is 12.8. The minimum absolute atomic E-state index is 0.150. The summed E-state index contributed by atoms with van der Waals surface area (Å²) in [5, 5.41) is 4.65. The van der Waals surface area contributed by atoms with Gasteiger partial charge in [-0.1, -0.05) is 35.9 Å². The second-order valence-electron chi connectivity index (χ2n) is 7.73. The molecule has 0 bridgehead atoms. The molecule has 0 unspecified atom stereocenters. The summed E-state index contributed by atoms with van der Waals surface area (Å²) < 4.78 is 2.30. The number of hydrogen-bond acceptors (Lipinski definition) is 4. The molecule has 1 saturated heterocycles. The van der Waals surface area contributed by atoms with Crippen molar-refractivity contribution in [2.75, 3.05) is 21.9 Å². The molecule has 1 N–H and O–H groups in total. The molecule has 3 aromatic carbocycles. The van der Waals surface area contributed by atoms with Crippen molar-refractivity contribution >= 4 is 51.7 Å². The Morgan fingerprint density at radius 1 is 0.969 bits per heavy atom. The predicted octanol–water partition coefficient (Wildman–Crippen LogP) is 7.06. The summed E-state index contributed by atoms with van der Waals surface area (Å²) in [6.07, 6.45) is 2.47. The highest BCUT2D eigenvalue weighted by Crippen LogP contribution is 2.31. The third kappa shape index (κ3) is 4.45. The summed E-state index contributed by atoms with van der Waals surface area (Å²) in [4.78, 5) is 17.6. The Morgan fingerprint density at radius 2 is 1.81 bits per heavy atom. The zero-order chi connectivity index (χ0) is 21.9. The van der Waals surface area contributed by atoms with E-state index < -0.39 is 0 Å². The number of benzene rings is 3. The molecular weight excluding hydrogens is 438 g/mol. The van der Waals surface area contributed by atoms with Crippen molar-refractivity contribution in [1.82, 2.24) is 4.98 Å². The summed E-state index contributed by atoms with van der Waals surface area (Å²) in [6.45, 7) is 1.05. The van der Waals surface area contributed by atoms with Crippen LogP contribution in [-0.4, -0.2) is 23.2 Å². The molecule has 4 nitrogen and oxygen atoms in total. The van der Waals surface area contributed by atoms with Gasteiger partial charge in [0.25, 0.3) is 5.91 Å². The Bertz CT molecular complexity index is 1270. The molecule has 1 aliphatic heterocycles. The SMILES string of the molecule is O=C(Nc1ccc(Cl)c(-c2ccc3ccccc3n2)c1)c1ccc(N2CCCCS2)cc1. The Balaban J connectivity index is 1.35. The summed E-state index contributed by atoms with van der Waals surface area (Å²) in [6, 6.07) is 25.2. The lowest BCUT2D eigenvalue weighted by atomic mass is 10.1. The van der Waals surface area contributed by atoms with E-state index in [1.54, 1.807) is 6.07 Å². The molecule has 160 valence electrons. The molecule has 0 saturated carbocycles. The number of aromatic nitrogens is 1. The highest BCUT2D eigenvalue weighted by atomic mass is 35.5. The number of para-hydroxylation sites is 1. The number of carbonyl (C=O) groups is 1. The lowest BCUT2D eigenvalue weighted by Crippen LogP contribution is -2.21. The third-order valence-electron chi connectivity index (χ3n) is 5.52. The van der Waals surface area contributed by atoms with E-state index in [9.17, 15) is 4.79 Å². The molecule has 0 radical (unpaired) electrons. The van der Waals surface area contributed by atoms with Gasteiger partial charge in [-0.25, -0.2) is 4.98 Å². The van der Waals surface area contributed by atoms with Gasteiger partial charge in [0.15, 0.2) is 0 Å². The average Bonchev–Trinajstić information content (AvgIpc) is 2.85. The number of anilines is 2. The van der Waals surface area contributed by atoms with Gasteiger partial charge in [0.1, 0.15) is 0 Å². The number of amides is 1. The fraction of sp³-hybridized carbons (Fsp3) is 0.154. The molecule has 1 fully saturated rings. The molecule has 1 amide bonds. The van der Waals surface area contributed by atoms with E-state index in [0.29, 0.717) is 16.3 Å². The van der Waals surface area contributed by atoms with E-state index in [2.05, 4.69) is 9.62 Å². The van der Waals surface area contributed by atoms with Gasteiger partial charge < -0.3 is 9.62 Å². The Labute approximate surface area is 196 Å². The molecule has 0 spiro atoms. The van der Waals surface area contributed by atoms with Crippen LogP contribution in [0.1, 0.15) is 23.2 Å². The first-order valence-electron chi connectivity index (χ1n) is 10.6. The summed E-state index contributed by atoms with van der Waals surface area (Å²) >= 11 is 8.32. The molecule has 1 aliphatic rings. The van der Waals surface area contributed by atoms with Gasteiger partial charge in [-0.2, -0.15) is 0 Å². The Morgan fingerprint density at radius 3 is 2.62 bits per heavy atom. The third-order valence-corrected chi connectivity index (χ3v) is 7.02. The van der Waals surface area contributed by atoms with Crippen LogP contribution in [0.15, 0.2) is 78.9 Å². The molecule has 0 aliphatic carbocycles. The number of fused-ring (bicyclic) bond motifs is 1. The van der Waals surface area contributed by atoms with Gasteiger partial charge in [0.05, 0.1) is 16.2 Å². The number of nitrogens with zero attached hydrogens (tertiary/aromatic N) is 2. The molecule has 32 heavy (non-hydrogen) atoms. The van der Waals surface area contributed by atoms with Gasteiger partial charge in [0.2, 0.25) is 0 Å². The van der Waals surface area contributed by atoms with Crippen LogP contribution < -0.4 is 9.62 Å². The van der Waals surface area contributed by atoms with Crippen molar-refractivity contribution in [2.45, 2.75) is 12.8 Å². The van der Waals surface area contributed by atoms with E-state index >= 15 is 0 Å². The van der Waals surface area contributed by atoms with Crippen LogP contribution >= 0.6 is 23.5 Å². The maximum atomic E-state index is 12.8. The average molecular weight is 460 g/mol. The van der Waals surface area contributed by atoms with E-state index in [1.165, 1.54) is 12.8 Å². The van der Waals surface area contributed by atoms with E-state index in [-0.39, 0.29) is 5.91 Å². The number of pyridine rings is 1. The van der Waals surface area contributed by atoms with Gasteiger partial charge in [0, 0.05) is 40.2 Å². The van der Waals surface area contributed by atoms with Crippen LogP contribution in [0, 0.1) is 0 Å². The molecular formula is C26H22ClN3OS. The van der Waals surface area contributed by atoms with Gasteiger partial charge in [-0.05, 0) is 79.4 Å². The van der Waals surface area contributed by atoms with Crippen molar-refractivity contribution in [3.05, 3.63) is 89.4 Å². The lowest BCUT2D eigenvalue weighted by molar-refractivity contribution is 0.102. The highest BCUT2D eigenvalue weighted by Gasteiger charge is 2.14. The fourth-order valence-corrected chi connectivity index (χ4v) is 5.10. The smallest absolute Gasteiger partial charge is 0.255 e. The minimum Gasteiger partial charge on any atom is -0.322 e. The zero-order valence-electron chi connectivity index (χ0n) is 17.4. The van der Waals surface area contributed by atoms with Crippen molar-refractivity contribution in [3.8, 4) is 11.3 Å². The van der Waals surface area contributed by atoms with E-state index in [4.69, 9.17) is 16.6 Å². The first-order chi connectivity index (χ1) is 15.7. The quantitative estimate of drug-likeness (QED) is 0.332. The largest absolute Gasteiger partial charge is 0.322 e. The maximum Gasteiger partial charge on any atom is 0.255 e. The van der Waals surface area contributed by atoms with Crippen LogP contribution in [0.4, 0.5) is 11.4 Å². The van der Waals surface area contributed by atoms with Crippen LogP contribution in [-0.2, 0) is 0 Å². The number of carbonyl (C=O) groups excluding carboxylic acids is 1. The Hall–Kier alpha value is -3.02. The summed E-state index contributed by atoms with van der Waals surface area (Å²) in [5.74, 6) is 0.996. The van der Waals surface area contributed by atoms with E-state index in [0.717, 1.165) is 40.1 Å². The predicted molar refractivity (Wildman–Crippen MR) is 136 cm³/mol. The second-order valence-corrected chi connectivity index (χ2v) is 9.24. The monoisotopic (exact) mass is 459 g/mol. The number of halogens is 1. The summed E-state index contributed by atoms with van der Waals surface area (Å²) in [5.41, 5.74) is 4.90. The molecule has 5 rings (SSSR count). The normalized spacial score (nSPS) is 13.8. The highest BCUT2D eigenvalue weighted by molar-refractivity contribution is 8.00. The standard InChI is InChI=1S/C26H22ClN3OS/c27-23-13-10-20(17-22(23)25-14-9-18-5-1-2-6-24(18)29-25)28-26(31)19-7-11-21(12-8-19)30-15-3-4-16-32-30/h1-2,5-14,17H,3-4,15-16H2,(H,28,31). The molecule has 0 atom stereocenters. The number of rotatable bonds is 4. The molecule has 2 heterocycles. The van der Waals surface area contributed by atoms with Gasteiger partial charge >= 0.3 is 0 Å². The molecule has 4 aromatic rings. The zero-order valence-corrected chi connectivity index (χ0v) is 19.0. The van der Waals surface area contributed by atoms with Gasteiger partial charge in [-0.3, -0.25) is 4.79 Å². The van der Waals surface area contributed by atoms with Gasteiger partial charge in [-0.15, -0.1) is 0 Å². The lowest BCUT2D eigenvalue weighted by Gasteiger charge is -2.27. The first kappa shape index (κ1) is 20.9. The van der Waals surface area contributed by atoms with Crippen molar-refractivity contribution in [2.24, 2.45) is 0 Å². The molecule has 6 heteroatoms. The van der Waals surface area contributed by atoms with Crippen molar-refractivity contribution in [3.63, 3.8) is 0 Å². The van der Waals surface area contributed by atoms with Crippen molar-refractivity contribution in [1.29, 1.82) is 0 Å².